The highest BCUT2D eigenvalue weighted by atomic mass is 15.1. The number of nitrogens with zero attached hydrogens (tertiary/aromatic N) is 1. The Balaban J connectivity index is 2.02. The van der Waals surface area contributed by atoms with Gasteiger partial charge in [0, 0.05) is 30.7 Å². The standard InChI is InChI=1S/C18H30N2/c1-3-14-19-15-18(12-8-9-13-18)16-20(4-2)17-10-6-5-7-11-17/h5-7,10-11,19H,3-4,8-9,12-16H2,1-2H3. The molecule has 1 aromatic rings. The van der Waals surface area contributed by atoms with Gasteiger partial charge in [0.25, 0.3) is 0 Å². The lowest BCUT2D eigenvalue weighted by molar-refractivity contribution is 0.284. The van der Waals surface area contributed by atoms with Gasteiger partial charge >= 0.3 is 0 Å². The Morgan fingerprint density at radius 2 is 1.80 bits per heavy atom. The lowest BCUT2D eigenvalue weighted by Crippen LogP contribution is -2.43. The molecule has 2 nitrogen and oxygen atoms in total. The number of rotatable bonds is 8. The summed E-state index contributed by atoms with van der Waals surface area (Å²) in [5.41, 5.74) is 1.86. The molecule has 0 saturated heterocycles. The smallest absolute Gasteiger partial charge is 0.0366 e. The molecule has 0 bridgehead atoms. The molecule has 1 fully saturated rings. The Labute approximate surface area is 124 Å². The summed E-state index contributed by atoms with van der Waals surface area (Å²) in [4.78, 5) is 2.55. The summed E-state index contributed by atoms with van der Waals surface area (Å²) < 4.78 is 0. The number of anilines is 1. The molecule has 0 amide bonds. The van der Waals surface area contributed by atoms with Crippen molar-refractivity contribution in [2.75, 3.05) is 31.1 Å². The van der Waals surface area contributed by atoms with Crippen LogP contribution in [0.5, 0.6) is 0 Å². The van der Waals surface area contributed by atoms with Gasteiger partial charge < -0.3 is 10.2 Å². The van der Waals surface area contributed by atoms with Crippen LogP contribution in [0.25, 0.3) is 0 Å². The van der Waals surface area contributed by atoms with E-state index in [-0.39, 0.29) is 0 Å². The van der Waals surface area contributed by atoms with Crippen LogP contribution in [0.4, 0.5) is 5.69 Å². The molecule has 1 aromatic carbocycles. The number of hydrogen-bond donors (Lipinski definition) is 1. The molecule has 112 valence electrons. The topological polar surface area (TPSA) is 15.3 Å². The first kappa shape index (κ1) is 15.4. The first-order valence-corrected chi connectivity index (χ1v) is 8.30. The summed E-state index contributed by atoms with van der Waals surface area (Å²) in [7, 11) is 0. The minimum atomic E-state index is 0.487. The maximum Gasteiger partial charge on any atom is 0.0366 e. The normalized spacial score (nSPS) is 17.3. The third kappa shape index (κ3) is 3.99. The van der Waals surface area contributed by atoms with Gasteiger partial charge in [-0.2, -0.15) is 0 Å². The van der Waals surface area contributed by atoms with Crippen molar-refractivity contribution in [3.8, 4) is 0 Å². The van der Waals surface area contributed by atoms with Crippen LogP contribution in [-0.4, -0.2) is 26.2 Å². The number of para-hydroxylation sites is 1. The van der Waals surface area contributed by atoms with Crippen molar-refractivity contribution in [2.24, 2.45) is 5.41 Å². The fourth-order valence-corrected chi connectivity index (χ4v) is 3.48. The van der Waals surface area contributed by atoms with Gasteiger partial charge in [-0.3, -0.25) is 0 Å². The summed E-state index contributed by atoms with van der Waals surface area (Å²) in [5.74, 6) is 0. The molecule has 0 atom stereocenters. The zero-order valence-corrected chi connectivity index (χ0v) is 13.2. The van der Waals surface area contributed by atoms with Gasteiger partial charge in [0.2, 0.25) is 0 Å². The van der Waals surface area contributed by atoms with E-state index >= 15 is 0 Å². The van der Waals surface area contributed by atoms with Gasteiger partial charge in [0.1, 0.15) is 0 Å². The number of nitrogens with one attached hydrogen (secondary N) is 1. The maximum absolute atomic E-state index is 3.67. The van der Waals surface area contributed by atoms with Crippen LogP contribution in [0.2, 0.25) is 0 Å². The van der Waals surface area contributed by atoms with Crippen LogP contribution in [0, 0.1) is 5.41 Å². The van der Waals surface area contributed by atoms with Gasteiger partial charge in [-0.1, -0.05) is 38.0 Å². The summed E-state index contributed by atoms with van der Waals surface area (Å²) >= 11 is 0. The third-order valence-corrected chi connectivity index (χ3v) is 4.62. The zero-order chi connectivity index (χ0) is 14.3. The largest absolute Gasteiger partial charge is 0.371 e. The summed E-state index contributed by atoms with van der Waals surface area (Å²) in [5, 5.41) is 3.67. The molecular formula is C18H30N2. The highest BCUT2D eigenvalue weighted by molar-refractivity contribution is 5.46. The SMILES string of the molecule is CCCNCC1(CN(CC)c2ccccc2)CCCC1. The van der Waals surface area contributed by atoms with E-state index in [2.05, 4.69) is 54.4 Å². The van der Waals surface area contributed by atoms with E-state index in [1.807, 2.05) is 0 Å². The Morgan fingerprint density at radius 3 is 2.40 bits per heavy atom. The van der Waals surface area contributed by atoms with Gasteiger partial charge in [-0.05, 0) is 44.9 Å². The Bertz CT molecular complexity index is 368. The summed E-state index contributed by atoms with van der Waals surface area (Å²) in [6.07, 6.45) is 6.80. The molecule has 0 radical (unpaired) electrons. The van der Waals surface area contributed by atoms with E-state index in [1.54, 1.807) is 0 Å². The van der Waals surface area contributed by atoms with E-state index in [0.29, 0.717) is 5.41 Å². The van der Waals surface area contributed by atoms with Crippen LogP contribution in [0.3, 0.4) is 0 Å². The highest BCUT2D eigenvalue weighted by Gasteiger charge is 2.35. The predicted octanol–water partition coefficient (Wildman–Crippen LogP) is 4.07. The minimum Gasteiger partial charge on any atom is -0.371 e. The van der Waals surface area contributed by atoms with Crippen molar-refractivity contribution in [2.45, 2.75) is 46.0 Å². The molecular weight excluding hydrogens is 244 g/mol. The van der Waals surface area contributed by atoms with E-state index in [4.69, 9.17) is 0 Å². The van der Waals surface area contributed by atoms with Crippen LogP contribution in [-0.2, 0) is 0 Å². The van der Waals surface area contributed by atoms with Gasteiger partial charge in [-0.25, -0.2) is 0 Å². The Kier molecular flexibility index (Phi) is 5.90. The van der Waals surface area contributed by atoms with Gasteiger partial charge in [0.05, 0.1) is 0 Å². The highest BCUT2D eigenvalue weighted by Crippen LogP contribution is 2.39. The first-order chi connectivity index (χ1) is 9.79. The lowest BCUT2D eigenvalue weighted by atomic mass is 9.85. The van der Waals surface area contributed by atoms with Crippen molar-refractivity contribution in [1.29, 1.82) is 0 Å². The van der Waals surface area contributed by atoms with E-state index in [1.165, 1.54) is 50.9 Å². The van der Waals surface area contributed by atoms with Crippen LogP contribution in [0.15, 0.2) is 30.3 Å². The van der Waals surface area contributed by atoms with Crippen molar-refractivity contribution in [3.63, 3.8) is 0 Å². The van der Waals surface area contributed by atoms with Gasteiger partial charge in [0.15, 0.2) is 0 Å². The minimum absolute atomic E-state index is 0.487. The fraction of sp³-hybridized carbons (Fsp3) is 0.667. The van der Waals surface area contributed by atoms with Crippen molar-refractivity contribution in [3.05, 3.63) is 30.3 Å². The molecule has 0 aliphatic heterocycles. The molecule has 2 rings (SSSR count). The molecule has 2 heteroatoms. The maximum atomic E-state index is 3.67. The van der Waals surface area contributed by atoms with Crippen molar-refractivity contribution in [1.82, 2.24) is 5.32 Å². The molecule has 1 N–H and O–H groups in total. The second kappa shape index (κ2) is 7.68. The molecule has 1 aliphatic rings. The summed E-state index contributed by atoms with van der Waals surface area (Å²) in [6, 6.07) is 10.9. The molecule has 0 unspecified atom stereocenters. The monoisotopic (exact) mass is 274 g/mol. The fourth-order valence-electron chi connectivity index (χ4n) is 3.48. The molecule has 0 aromatic heterocycles. The van der Waals surface area contributed by atoms with E-state index in [0.717, 1.165) is 13.1 Å². The average Bonchev–Trinajstić information content (AvgIpc) is 2.95. The van der Waals surface area contributed by atoms with Crippen molar-refractivity contribution >= 4 is 5.69 Å². The quantitative estimate of drug-likeness (QED) is 0.719. The van der Waals surface area contributed by atoms with Crippen LogP contribution in [0.1, 0.15) is 46.0 Å². The Morgan fingerprint density at radius 1 is 1.10 bits per heavy atom. The molecule has 20 heavy (non-hydrogen) atoms. The lowest BCUT2D eigenvalue weighted by Gasteiger charge is -2.36. The van der Waals surface area contributed by atoms with E-state index in [9.17, 15) is 0 Å². The predicted molar refractivity (Wildman–Crippen MR) is 88.4 cm³/mol. The Hall–Kier alpha value is -1.02. The van der Waals surface area contributed by atoms with Crippen molar-refractivity contribution < 1.29 is 0 Å². The second-order valence-electron chi connectivity index (χ2n) is 6.23. The molecule has 1 aliphatic carbocycles. The first-order valence-electron chi connectivity index (χ1n) is 8.30. The van der Waals surface area contributed by atoms with Crippen LogP contribution >= 0.6 is 0 Å². The van der Waals surface area contributed by atoms with Crippen LogP contribution < -0.4 is 10.2 Å². The third-order valence-electron chi connectivity index (χ3n) is 4.62. The number of benzene rings is 1. The summed E-state index contributed by atoms with van der Waals surface area (Å²) in [6.45, 7) is 9.15. The molecule has 0 heterocycles. The second-order valence-corrected chi connectivity index (χ2v) is 6.23. The number of hydrogen-bond acceptors (Lipinski definition) is 2. The molecule has 0 spiro atoms. The molecule has 1 saturated carbocycles. The zero-order valence-electron chi connectivity index (χ0n) is 13.2. The average molecular weight is 274 g/mol. The van der Waals surface area contributed by atoms with Gasteiger partial charge in [-0.15, -0.1) is 0 Å². The van der Waals surface area contributed by atoms with E-state index < -0.39 is 0 Å².